The second-order valence-electron chi connectivity index (χ2n) is 18.8. The Hall–Kier alpha value is -5.23. The monoisotopic (exact) mass is 826 g/mol. The van der Waals surface area contributed by atoms with Crippen molar-refractivity contribution in [1.29, 1.82) is 0 Å². The Kier molecular flexibility index (Phi) is 11.6. The lowest BCUT2D eigenvalue weighted by molar-refractivity contribution is -0.140. The molecule has 6 unspecified atom stereocenters. The van der Waals surface area contributed by atoms with Gasteiger partial charge in [-0.3, -0.25) is 14.5 Å². The highest BCUT2D eigenvalue weighted by atomic mass is 16.5. The number of likely N-dealkylation sites (tertiary alicyclic amines) is 2. The van der Waals surface area contributed by atoms with Crippen molar-refractivity contribution in [2.75, 3.05) is 27.7 Å². The molecule has 3 N–H and O–H groups in total. The molecule has 12 heteroatoms. The van der Waals surface area contributed by atoms with Crippen molar-refractivity contribution < 1.29 is 19.1 Å². The van der Waals surface area contributed by atoms with Gasteiger partial charge in [-0.25, -0.2) is 14.8 Å². The number of nitrogens with zero attached hydrogens (tertiary/aromatic N) is 5. The van der Waals surface area contributed by atoms with Crippen molar-refractivity contribution in [3.8, 4) is 22.4 Å². The summed E-state index contributed by atoms with van der Waals surface area (Å²) in [4.78, 5) is 64.1. The van der Waals surface area contributed by atoms with Gasteiger partial charge in [-0.2, -0.15) is 0 Å². The van der Waals surface area contributed by atoms with Gasteiger partial charge in [0.25, 0.3) is 0 Å². The lowest BCUT2D eigenvalue weighted by Crippen LogP contribution is -2.53. The molecule has 3 aromatic carbocycles. The van der Waals surface area contributed by atoms with Crippen LogP contribution in [0.25, 0.3) is 44.2 Å². The quantitative estimate of drug-likeness (QED) is 0.128. The number of carbonyl (C=O) groups excluding carboxylic acids is 3. The Morgan fingerprint density at radius 2 is 1.49 bits per heavy atom. The lowest BCUT2D eigenvalue weighted by Gasteiger charge is -2.37. The molecule has 5 aromatic rings. The molecule has 0 spiro atoms. The summed E-state index contributed by atoms with van der Waals surface area (Å²) in [6.45, 7) is 4.69. The van der Waals surface area contributed by atoms with Crippen LogP contribution in [0.4, 0.5) is 4.79 Å². The molecule has 12 nitrogen and oxygen atoms in total. The molecule has 0 bridgehead atoms. The summed E-state index contributed by atoms with van der Waals surface area (Å²) in [5.41, 5.74) is 6.06. The van der Waals surface area contributed by atoms with Crippen molar-refractivity contribution in [3.63, 3.8) is 0 Å². The number of ether oxygens (including phenoxy) is 1. The van der Waals surface area contributed by atoms with Gasteiger partial charge in [0, 0.05) is 18.2 Å². The van der Waals surface area contributed by atoms with Gasteiger partial charge in [0.2, 0.25) is 11.8 Å². The zero-order valence-corrected chi connectivity index (χ0v) is 36.5. The summed E-state index contributed by atoms with van der Waals surface area (Å²) in [7, 11) is 5.45. The first-order valence-corrected chi connectivity index (χ1v) is 22.8. The number of alkyl carbamates (subject to hydrolysis) is 1. The third-order valence-electron chi connectivity index (χ3n) is 14.4. The number of aromatic nitrogens is 4. The molecule has 6 atom stereocenters. The second-order valence-corrected chi connectivity index (χ2v) is 18.8. The van der Waals surface area contributed by atoms with Gasteiger partial charge >= 0.3 is 6.09 Å². The number of hydrogen-bond donors (Lipinski definition) is 3. The van der Waals surface area contributed by atoms with Crippen LogP contribution in [0.5, 0.6) is 0 Å². The van der Waals surface area contributed by atoms with Crippen LogP contribution in [0, 0.1) is 17.8 Å². The van der Waals surface area contributed by atoms with Crippen molar-refractivity contribution in [2.45, 2.75) is 121 Å². The Morgan fingerprint density at radius 3 is 2.25 bits per heavy atom. The van der Waals surface area contributed by atoms with Crippen LogP contribution in [-0.2, 0) is 14.3 Å². The number of nitrogens with one attached hydrogen (secondary N) is 3. The van der Waals surface area contributed by atoms with E-state index >= 15 is 0 Å². The van der Waals surface area contributed by atoms with Crippen molar-refractivity contribution in [3.05, 3.63) is 72.4 Å². The van der Waals surface area contributed by atoms with E-state index in [0.29, 0.717) is 11.8 Å². The van der Waals surface area contributed by atoms with Gasteiger partial charge in [0.15, 0.2) is 0 Å². The number of aromatic amines is 2. The maximum atomic E-state index is 14.3. The number of fused-ring (bicyclic) bond motifs is 3. The van der Waals surface area contributed by atoms with Gasteiger partial charge in [0.1, 0.15) is 17.7 Å². The fourth-order valence-electron chi connectivity index (χ4n) is 11.3. The zero-order valence-electron chi connectivity index (χ0n) is 36.5. The Balaban J connectivity index is 0.929. The third kappa shape index (κ3) is 8.04. The first kappa shape index (κ1) is 41.1. The maximum Gasteiger partial charge on any atom is 0.407 e. The minimum absolute atomic E-state index is 0.0356. The fraction of sp³-hybridized carbons (Fsp3) is 0.531. The van der Waals surface area contributed by atoms with E-state index in [1.807, 2.05) is 24.9 Å². The number of imidazole rings is 2. The van der Waals surface area contributed by atoms with E-state index in [1.54, 1.807) is 0 Å². The molecule has 0 radical (unpaired) electrons. The molecule has 2 aliphatic carbocycles. The van der Waals surface area contributed by atoms with Crippen LogP contribution in [0.1, 0.15) is 115 Å². The average Bonchev–Trinajstić information content (AvgIpc) is 4.10. The standard InChI is InChI=1S/C49H62N8O4/c1-29(2)43(54-49(60)61-5)47(58)57-40-15-10-9-14-36(40)27-42(57)45-50-28-39(53-45)35-20-19-31-24-32(17-18-33(31)25-35)34-21-22-37-38(26-34)52-46(51-37)41-16-11-23-56(41)48(59)44(55(3)4)30-12-7-6-8-13-30/h17-22,24-26,28-30,36,40-44H,6-16,23,27H2,1-5H3,(H,50,53)(H,51,52)(H,54,60). The molecule has 3 amide bonds. The van der Waals surface area contributed by atoms with Crippen LogP contribution < -0.4 is 5.32 Å². The van der Waals surface area contributed by atoms with Gasteiger partial charge in [-0.1, -0.05) is 76.3 Å². The Labute approximate surface area is 359 Å². The van der Waals surface area contributed by atoms with Crippen LogP contribution in [0.2, 0.25) is 0 Å². The highest BCUT2D eigenvalue weighted by Gasteiger charge is 2.48. The number of carbonyl (C=O) groups is 3. The number of likely N-dealkylation sites (N-methyl/N-ethyl adjacent to an activating group) is 1. The smallest absolute Gasteiger partial charge is 0.407 e. The van der Waals surface area contributed by atoms with E-state index in [1.165, 1.54) is 32.8 Å². The van der Waals surface area contributed by atoms with Crippen LogP contribution in [0.3, 0.4) is 0 Å². The molecule has 2 aromatic heterocycles. The number of rotatable bonds is 10. The van der Waals surface area contributed by atoms with Crippen LogP contribution in [0.15, 0.2) is 60.8 Å². The molecular weight excluding hydrogens is 765 g/mol. The van der Waals surface area contributed by atoms with Crippen molar-refractivity contribution in [1.82, 2.24) is 40.0 Å². The molecule has 4 aliphatic rings. The second kappa shape index (κ2) is 17.3. The molecule has 4 heterocycles. The van der Waals surface area contributed by atoms with E-state index in [4.69, 9.17) is 14.7 Å². The number of benzene rings is 3. The van der Waals surface area contributed by atoms with E-state index in [0.717, 1.165) is 114 Å². The first-order valence-electron chi connectivity index (χ1n) is 22.8. The summed E-state index contributed by atoms with van der Waals surface area (Å²) in [6, 6.07) is 18.6. The van der Waals surface area contributed by atoms with Gasteiger partial charge < -0.3 is 29.8 Å². The Bertz CT molecular complexity index is 2400. The van der Waals surface area contributed by atoms with Gasteiger partial charge in [0.05, 0.1) is 48.2 Å². The minimum atomic E-state index is -0.680. The predicted molar refractivity (Wildman–Crippen MR) is 238 cm³/mol. The van der Waals surface area contributed by atoms with Crippen LogP contribution in [-0.4, -0.2) is 98.4 Å². The Morgan fingerprint density at radius 1 is 0.787 bits per heavy atom. The van der Waals surface area contributed by atoms with E-state index < -0.39 is 12.1 Å². The normalized spacial score (nSPS) is 23.2. The molecule has 61 heavy (non-hydrogen) atoms. The van der Waals surface area contributed by atoms with E-state index in [-0.39, 0.29) is 41.9 Å². The summed E-state index contributed by atoms with van der Waals surface area (Å²) < 4.78 is 4.89. The first-order chi connectivity index (χ1) is 29.6. The fourth-order valence-corrected chi connectivity index (χ4v) is 11.3. The summed E-state index contributed by atoms with van der Waals surface area (Å²) in [6.07, 6.45) is 14.3. The van der Waals surface area contributed by atoms with Gasteiger partial charge in [-0.15, -0.1) is 0 Å². The minimum Gasteiger partial charge on any atom is -0.453 e. The summed E-state index contributed by atoms with van der Waals surface area (Å²) in [5.74, 6) is 2.59. The molecule has 4 fully saturated rings. The largest absolute Gasteiger partial charge is 0.453 e. The molecule has 2 saturated heterocycles. The SMILES string of the molecule is COC(=O)NC(C(=O)N1C(c2ncc(-c3ccc4cc(-c5ccc6nc(C7CCCN7C(=O)C(C7CCCCC7)N(C)C)[nH]c6c5)ccc4c3)[nH]2)CC2CCCCC21)C(C)C. The van der Waals surface area contributed by atoms with E-state index in [9.17, 15) is 14.4 Å². The number of H-pyrrole nitrogens is 2. The molecular formula is C49H62N8O4. The maximum absolute atomic E-state index is 14.3. The third-order valence-corrected chi connectivity index (χ3v) is 14.4. The number of methoxy groups -OCH3 is 1. The van der Waals surface area contributed by atoms with Gasteiger partial charge in [-0.05, 0) is 123 Å². The zero-order chi connectivity index (χ0) is 42.4. The molecule has 322 valence electrons. The number of hydrogen-bond acceptors (Lipinski definition) is 7. The lowest BCUT2D eigenvalue weighted by atomic mass is 9.82. The summed E-state index contributed by atoms with van der Waals surface area (Å²) >= 11 is 0. The summed E-state index contributed by atoms with van der Waals surface area (Å²) in [5, 5.41) is 5.06. The predicted octanol–water partition coefficient (Wildman–Crippen LogP) is 9.16. The van der Waals surface area contributed by atoms with Crippen LogP contribution >= 0.6 is 0 Å². The molecule has 2 saturated carbocycles. The topological polar surface area (TPSA) is 140 Å². The molecule has 2 aliphatic heterocycles. The van der Waals surface area contributed by atoms with E-state index in [2.05, 4.69) is 93.8 Å². The van der Waals surface area contributed by atoms with Crippen molar-refractivity contribution >= 4 is 39.7 Å². The molecule has 9 rings (SSSR count). The average molecular weight is 827 g/mol. The number of amides is 3. The van der Waals surface area contributed by atoms with Crippen molar-refractivity contribution in [2.24, 2.45) is 17.8 Å². The highest BCUT2D eigenvalue weighted by molar-refractivity contribution is 5.92. The highest BCUT2D eigenvalue weighted by Crippen LogP contribution is 2.46.